The van der Waals surface area contributed by atoms with Crippen LogP contribution in [0.15, 0.2) is 38.8 Å². The zero-order chi connectivity index (χ0) is 27.3. The van der Waals surface area contributed by atoms with Crippen LogP contribution in [0.1, 0.15) is 41.5 Å². The largest absolute Gasteiger partial charge is 0.480 e. The molecule has 1 aromatic heterocycles. The number of benzene rings is 1. The van der Waals surface area contributed by atoms with E-state index in [0.29, 0.717) is 6.42 Å². The Bertz CT molecular complexity index is 1270. The molecule has 1 fully saturated rings. The number of hydrazone groups is 1. The molecule has 3 atom stereocenters. The predicted octanol–water partition coefficient (Wildman–Crippen LogP) is 0.404. The van der Waals surface area contributed by atoms with Gasteiger partial charge in [-0.2, -0.15) is 9.82 Å². The summed E-state index contributed by atoms with van der Waals surface area (Å²) in [6.07, 6.45) is 0.158. The lowest BCUT2D eigenvalue weighted by molar-refractivity contribution is -0.138. The summed E-state index contributed by atoms with van der Waals surface area (Å²) in [6.45, 7) is 2.25. The van der Waals surface area contributed by atoms with Gasteiger partial charge in [-0.3, -0.25) is 9.59 Å². The number of hydrogen-bond donors (Lipinski definition) is 4. The molecule has 1 aromatic carbocycles. The maximum absolute atomic E-state index is 12.6. The quantitative estimate of drug-likeness (QED) is 0.187. The molecule has 0 spiro atoms. The fraction of sp³-hybridized carbons (Fsp3) is 0.409. The Morgan fingerprint density at radius 1 is 1.32 bits per heavy atom. The molecule has 0 saturated carbocycles. The van der Waals surface area contributed by atoms with Gasteiger partial charge in [-0.25, -0.2) is 13.2 Å². The lowest BCUT2D eigenvalue weighted by Crippen LogP contribution is -2.49. The summed E-state index contributed by atoms with van der Waals surface area (Å²) in [5.41, 5.74) is 1.67. The highest BCUT2D eigenvalue weighted by molar-refractivity contribution is 7.89. The third-order valence-corrected chi connectivity index (χ3v) is 7.52. The van der Waals surface area contributed by atoms with Gasteiger partial charge in [0.25, 0.3) is 0 Å². The summed E-state index contributed by atoms with van der Waals surface area (Å²) in [7, 11) is -2.70. The van der Waals surface area contributed by atoms with Gasteiger partial charge in [-0.15, -0.1) is 0 Å². The van der Waals surface area contributed by atoms with E-state index in [-0.39, 0.29) is 28.8 Å². The average molecular weight is 537 g/mol. The Kier molecular flexibility index (Phi) is 8.49. The highest BCUT2D eigenvalue weighted by Crippen LogP contribution is 2.32. The molecular weight excluding hydrogens is 508 g/mol. The van der Waals surface area contributed by atoms with Crippen molar-refractivity contribution in [2.45, 2.75) is 49.8 Å². The first-order chi connectivity index (χ1) is 17.4. The van der Waals surface area contributed by atoms with E-state index in [1.165, 1.54) is 25.0 Å². The zero-order valence-corrected chi connectivity index (χ0v) is 21.2. The Morgan fingerprint density at radius 2 is 2.00 bits per heavy atom. The second-order valence-corrected chi connectivity index (χ2v) is 10.1. The molecule has 0 radical (unpaired) electrons. The van der Waals surface area contributed by atoms with Crippen LogP contribution >= 0.6 is 0 Å². The molecule has 3 rings (SSSR count). The molecule has 1 aliphatic rings. The smallest absolute Gasteiger partial charge is 0.410 e. The second-order valence-electron chi connectivity index (χ2n) is 8.49. The van der Waals surface area contributed by atoms with Gasteiger partial charge >= 0.3 is 12.1 Å². The molecule has 2 heterocycles. The second kappa shape index (κ2) is 11.4. The van der Waals surface area contributed by atoms with Crippen molar-refractivity contribution in [1.82, 2.24) is 20.1 Å². The van der Waals surface area contributed by atoms with Crippen molar-refractivity contribution in [3.05, 3.63) is 46.8 Å². The maximum Gasteiger partial charge on any atom is 0.410 e. The van der Waals surface area contributed by atoms with Crippen LogP contribution in [0.5, 0.6) is 0 Å². The number of aromatic nitrogens is 1. The molecule has 2 aromatic rings. The summed E-state index contributed by atoms with van der Waals surface area (Å²) in [5, 5.41) is 18.9. The first-order valence-corrected chi connectivity index (χ1v) is 12.6. The number of nitrogens with one attached hydrogen (secondary N) is 2. The van der Waals surface area contributed by atoms with Gasteiger partial charge in [0.05, 0.1) is 18.7 Å². The van der Waals surface area contributed by atoms with Crippen LogP contribution in [0.3, 0.4) is 0 Å². The van der Waals surface area contributed by atoms with E-state index in [1.54, 1.807) is 19.2 Å². The van der Waals surface area contributed by atoms with Gasteiger partial charge < -0.3 is 30.4 Å². The van der Waals surface area contributed by atoms with E-state index >= 15 is 0 Å². The zero-order valence-electron chi connectivity index (χ0n) is 20.4. The third kappa shape index (κ3) is 6.62. The number of hydrogen-bond acceptors (Lipinski definition) is 10. The highest BCUT2D eigenvalue weighted by atomic mass is 32.2. The SMILES string of the molecule is Cc1noc(C)c1S(=O)(=O)N[C@@H](CNC(=O)C[C@@H]1C[C@H](c2ccc(C=NN)cc2)N(C)C(=O)O1)C(=O)O. The monoisotopic (exact) mass is 536 g/mol. The number of rotatable bonds is 10. The van der Waals surface area contributed by atoms with Gasteiger partial charge in [0, 0.05) is 20.0 Å². The van der Waals surface area contributed by atoms with E-state index in [2.05, 4.69) is 15.6 Å². The number of carbonyl (C=O) groups is 3. The van der Waals surface area contributed by atoms with Crippen LogP contribution < -0.4 is 15.9 Å². The lowest BCUT2D eigenvalue weighted by Gasteiger charge is -2.36. The van der Waals surface area contributed by atoms with Crippen molar-refractivity contribution in [3.63, 3.8) is 0 Å². The van der Waals surface area contributed by atoms with Gasteiger partial charge in [-0.05, 0) is 25.0 Å². The molecule has 5 N–H and O–H groups in total. The first kappa shape index (κ1) is 27.6. The van der Waals surface area contributed by atoms with Crippen molar-refractivity contribution in [3.8, 4) is 0 Å². The van der Waals surface area contributed by atoms with Crippen LogP contribution in [0.4, 0.5) is 4.79 Å². The third-order valence-electron chi connectivity index (χ3n) is 5.80. The Morgan fingerprint density at radius 3 is 2.57 bits per heavy atom. The number of ether oxygens (including phenoxy) is 1. The first-order valence-electron chi connectivity index (χ1n) is 11.1. The van der Waals surface area contributed by atoms with Crippen LogP contribution in [0.25, 0.3) is 0 Å². The number of sulfonamides is 1. The minimum Gasteiger partial charge on any atom is -0.480 e. The summed E-state index contributed by atoms with van der Waals surface area (Å²) < 4.78 is 37.5. The molecule has 0 unspecified atom stereocenters. The molecular formula is C22H28N6O8S. The number of carboxylic acid groups (broad SMARTS) is 1. The standard InChI is InChI=1S/C22H28N6O8S/c1-12-20(13(2)36-26-12)37(33,34)27-17(21(30)31)11-24-19(29)9-16-8-18(28(3)22(32)35-16)15-6-4-14(5-7-15)10-25-23/h4-7,10,16-18,27H,8-9,11,23H2,1-3H3,(H,24,29)(H,30,31)/t16-,17-,18+/m0/s1. The summed E-state index contributed by atoms with van der Waals surface area (Å²) in [4.78, 5) is 37.7. The van der Waals surface area contributed by atoms with E-state index < -0.39 is 46.7 Å². The van der Waals surface area contributed by atoms with Gasteiger partial charge in [0.15, 0.2) is 5.76 Å². The number of nitrogens with zero attached hydrogens (tertiary/aromatic N) is 3. The molecule has 2 amide bonds. The Balaban J connectivity index is 1.62. The summed E-state index contributed by atoms with van der Waals surface area (Å²) in [6, 6.07) is 5.18. The lowest BCUT2D eigenvalue weighted by atomic mass is 9.96. The fourth-order valence-corrected chi connectivity index (χ4v) is 5.48. The maximum atomic E-state index is 12.6. The van der Waals surface area contributed by atoms with Crippen molar-refractivity contribution in [2.24, 2.45) is 10.9 Å². The van der Waals surface area contributed by atoms with Gasteiger partial charge in [-0.1, -0.05) is 29.4 Å². The summed E-state index contributed by atoms with van der Waals surface area (Å²) in [5.74, 6) is 3.05. The number of aryl methyl sites for hydroxylation is 2. The number of aliphatic carboxylic acids is 1. The van der Waals surface area contributed by atoms with Gasteiger partial charge in [0.1, 0.15) is 22.7 Å². The fourth-order valence-electron chi connectivity index (χ4n) is 3.96. The predicted molar refractivity (Wildman–Crippen MR) is 129 cm³/mol. The Hall–Kier alpha value is -3.98. The number of amides is 2. The number of cyclic esters (lactones) is 1. The van der Waals surface area contributed by atoms with Crippen LogP contribution in [-0.2, 0) is 24.3 Å². The Labute approximate surface area is 212 Å². The van der Waals surface area contributed by atoms with E-state index in [1.807, 2.05) is 16.9 Å². The molecule has 1 saturated heterocycles. The van der Waals surface area contributed by atoms with Crippen molar-refractivity contribution >= 4 is 34.2 Å². The van der Waals surface area contributed by atoms with Gasteiger partial charge in [0.2, 0.25) is 15.9 Å². The number of carboxylic acids is 1. The molecule has 1 aliphatic heterocycles. The number of carbonyl (C=O) groups excluding carboxylic acids is 2. The molecule has 0 aliphatic carbocycles. The minimum atomic E-state index is -4.28. The molecule has 14 nitrogen and oxygen atoms in total. The normalized spacial score (nSPS) is 19.0. The van der Waals surface area contributed by atoms with E-state index in [4.69, 9.17) is 15.1 Å². The summed E-state index contributed by atoms with van der Waals surface area (Å²) >= 11 is 0. The molecule has 0 bridgehead atoms. The van der Waals surface area contributed by atoms with Crippen LogP contribution in [0, 0.1) is 13.8 Å². The molecule has 200 valence electrons. The topological polar surface area (TPSA) is 207 Å². The van der Waals surface area contributed by atoms with E-state index in [9.17, 15) is 27.9 Å². The molecule has 15 heteroatoms. The van der Waals surface area contributed by atoms with Crippen molar-refractivity contribution in [1.29, 1.82) is 0 Å². The molecule has 37 heavy (non-hydrogen) atoms. The average Bonchev–Trinajstić information content (AvgIpc) is 3.18. The van der Waals surface area contributed by atoms with Crippen LogP contribution in [0.2, 0.25) is 0 Å². The van der Waals surface area contributed by atoms with Crippen molar-refractivity contribution < 1.29 is 37.2 Å². The van der Waals surface area contributed by atoms with E-state index in [0.717, 1.165) is 11.1 Å². The van der Waals surface area contributed by atoms with Crippen molar-refractivity contribution in [2.75, 3.05) is 13.6 Å². The highest BCUT2D eigenvalue weighted by Gasteiger charge is 2.35. The van der Waals surface area contributed by atoms with Crippen LogP contribution in [-0.4, -0.2) is 73.5 Å². The minimum absolute atomic E-state index is 0.000961. The number of nitrogens with two attached hydrogens (primary N) is 1.